The van der Waals surface area contributed by atoms with Crippen LogP contribution in [0, 0.1) is 13.8 Å². The molecule has 0 aliphatic rings. The molecular formula is C13H15N3O3. The van der Waals surface area contributed by atoms with E-state index in [-0.39, 0.29) is 5.69 Å². The van der Waals surface area contributed by atoms with Crippen molar-refractivity contribution in [1.29, 1.82) is 0 Å². The Bertz CT molecular complexity index is 632. The largest absolute Gasteiger partial charge is 0.479 e. The number of benzene rings is 1. The van der Waals surface area contributed by atoms with Crippen molar-refractivity contribution in [1.82, 2.24) is 15.0 Å². The van der Waals surface area contributed by atoms with Crippen LogP contribution in [0.2, 0.25) is 0 Å². The molecule has 1 heterocycles. The monoisotopic (exact) mass is 261 g/mol. The van der Waals surface area contributed by atoms with Gasteiger partial charge in [0.2, 0.25) is 5.60 Å². The minimum atomic E-state index is -2.05. The zero-order chi connectivity index (χ0) is 14.2. The molecule has 1 aromatic heterocycles. The molecule has 6 heteroatoms. The number of aliphatic hydroxyl groups is 1. The number of hydrogen-bond acceptors (Lipinski definition) is 4. The van der Waals surface area contributed by atoms with Gasteiger partial charge >= 0.3 is 5.97 Å². The van der Waals surface area contributed by atoms with E-state index in [1.54, 1.807) is 0 Å². The van der Waals surface area contributed by atoms with Crippen LogP contribution in [0.15, 0.2) is 24.4 Å². The van der Waals surface area contributed by atoms with Crippen LogP contribution in [-0.4, -0.2) is 31.2 Å². The highest BCUT2D eigenvalue weighted by molar-refractivity contribution is 5.77. The van der Waals surface area contributed by atoms with Crippen molar-refractivity contribution in [2.24, 2.45) is 0 Å². The Morgan fingerprint density at radius 2 is 2.05 bits per heavy atom. The van der Waals surface area contributed by atoms with Gasteiger partial charge in [-0.3, -0.25) is 0 Å². The second kappa shape index (κ2) is 4.47. The van der Waals surface area contributed by atoms with E-state index in [1.807, 2.05) is 32.0 Å². The highest BCUT2D eigenvalue weighted by Crippen LogP contribution is 2.21. The van der Waals surface area contributed by atoms with Crippen LogP contribution in [-0.2, 0) is 10.4 Å². The highest BCUT2D eigenvalue weighted by atomic mass is 16.4. The number of carboxylic acid groups (broad SMARTS) is 1. The minimum Gasteiger partial charge on any atom is -0.479 e. The van der Waals surface area contributed by atoms with E-state index in [0.717, 1.165) is 16.8 Å². The molecule has 0 saturated heterocycles. The number of nitrogens with zero attached hydrogens (tertiary/aromatic N) is 3. The normalized spacial score (nSPS) is 14.1. The number of carbonyl (C=O) groups is 1. The van der Waals surface area contributed by atoms with Gasteiger partial charge < -0.3 is 10.2 Å². The Morgan fingerprint density at radius 1 is 1.37 bits per heavy atom. The first-order valence-electron chi connectivity index (χ1n) is 5.78. The van der Waals surface area contributed by atoms with Gasteiger partial charge in [-0.1, -0.05) is 17.3 Å². The molecule has 0 spiro atoms. The molecule has 6 nitrogen and oxygen atoms in total. The van der Waals surface area contributed by atoms with Crippen molar-refractivity contribution in [3.05, 3.63) is 41.2 Å². The summed E-state index contributed by atoms with van der Waals surface area (Å²) in [6.07, 6.45) is 1.43. The van der Waals surface area contributed by atoms with Gasteiger partial charge in [0.05, 0.1) is 11.9 Å². The van der Waals surface area contributed by atoms with Gasteiger partial charge in [0.15, 0.2) is 0 Å². The minimum absolute atomic E-state index is 0.000839. The number of aromatic nitrogens is 3. The molecular weight excluding hydrogens is 246 g/mol. The van der Waals surface area contributed by atoms with Crippen LogP contribution in [0.1, 0.15) is 23.7 Å². The third-order valence-corrected chi connectivity index (χ3v) is 3.02. The van der Waals surface area contributed by atoms with Crippen LogP contribution >= 0.6 is 0 Å². The number of rotatable bonds is 3. The lowest BCUT2D eigenvalue weighted by Gasteiger charge is -2.13. The van der Waals surface area contributed by atoms with E-state index in [0.29, 0.717) is 0 Å². The zero-order valence-electron chi connectivity index (χ0n) is 11.0. The first kappa shape index (κ1) is 13.2. The molecule has 2 rings (SSSR count). The fraction of sp³-hybridized carbons (Fsp3) is 0.308. The van der Waals surface area contributed by atoms with E-state index < -0.39 is 11.6 Å². The fourth-order valence-corrected chi connectivity index (χ4v) is 1.68. The zero-order valence-corrected chi connectivity index (χ0v) is 11.0. The predicted molar refractivity (Wildman–Crippen MR) is 68.0 cm³/mol. The van der Waals surface area contributed by atoms with Crippen molar-refractivity contribution < 1.29 is 15.0 Å². The molecule has 0 aliphatic heterocycles. The van der Waals surface area contributed by atoms with Crippen LogP contribution < -0.4 is 0 Å². The van der Waals surface area contributed by atoms with Gasteiger partial charge in [0.25, 0.3) is 0 Å². The van der Waals surface area contributed by atoms with Gasteiger partial charge in [-0.25, -0.2) is 9.48 Å². The summed E-state index contributed by atoms with van der Waals surface area (Å²) in [5.41, 5.74) is 0.802. The Morgan fingerprint density at radius 3 is 2.68 bits per heavy atom. The second-order valence-electron chi connectivity index (χ2n) is 4.72. The molecule has 1 atom stereocenters. The summed E-state index contributed by atoms with van der Waals surface area (Å²) in [5.74, 6) is -1.36. The number of carboxylic acids is 1. The van der Waals surface area contributed by atoms with Gasteiger partial charge in [0, 0.05) is 0 Å². The summed E-state index contributed by atoms with van der Waals surface area (Å²) < 4.78 is 1.47. The van der Waals surface area contributed by atoms with Gasteiger partial charge in [-0.05, 0) is 38.0 Å². The Kier molecular flexibility index (Phi) is 3.11. The molecule has 0 bridgehead atoms. The van der Waals surface area contributed by atoms with E-state index in [9.17, 15) is 9.90 Å². The lowest BCUT2D eigenvalue weighted by Crippen LogP contribution is -2.32. The first-order valence-corrected chi connectivity index (χ1v) is 5.78. The molecule has 2 N–H and O–H groups in total. The van der Waals surface area contributed by atoms with Crippen LogP contribution in [0.25, 0.3) is 5.69 Å². The van der Waals surface area contributed by atoms with Gasteiger partial charge in [-0.15, -0.1) is 5.10 Å². The quantitative estimate of drug-likeness (QED) is 0.866. The topological polar surface area (TPSA) is 88.2 Å². The summed E-state index contributed by atoms with van der Waals surface area (Å²) in [4.78, 5) is 11.0. The SMILES string of the molecule is Cc1ccc(C)c(-n2cc(C(C)(O)C(=O)O)nn2)c1. The summed E-state index contributed by atoms with van der Waals surface area (Å²) in [5, 5.41) is 26.4. The Balaban J connectivity index is 2.47. The summed E-state index contributed by atoms with van der Waals surface area (Å²) in [6, 6.07) is 5.84. The van der Waals surface area contributed by atoms with E-state index in [1.165, 1.54) is 17.8 Å². The summed E-state index contributed by atoms with van der Waals surface area (Å²) in [6.45, 7) is 5.05. The third-order valence-electron chi connectivity index (χ3n) is 3.02. The van der Waals surface area contributed by atoms with E-state index >= 15 is 0 Å². The molecule has 2 aromatic rings. The maximum absolute atomic E-state index is 11.0. The second-order valence-corrected chi connectivity index (χ2v) is 4.72. The maximum Gasteiger partial charge on any atom is 0.341 e. The van der Waals surface area contributed by atoms with Crippen molar-refractivity contribution in [2.75, 3.05) is 0 Å². The van der Waals surface area contributed by atoms with Crippen molar-refractivity contribution in [3.63, 3.8) is 0 Å². The summed E-state index contributed by atoms with van der Waals surface area (Å²) >= 11 is 0. The molecule has 19 heavy (non-hydrogen) atoms. The number of hydrogen-bond donors (Lipinski definition) is 2. The molecule has 0 amide bonds. The Hall–Kier alpha value is -2.21. The molecule has 100 valence electrons. The molecule has 0 radical (unpaired) electrons. The molecule has 0 saturated carbocycles. The highest BCUT2D eigenvalue weighted by Gasteiger charge is 2.35. The molecule has 1 aromatic carbocycles. The number of aryl methyl sites for hydroxylation is 2. The van der Waals surface area contributed by atoms with Crippen molar-refractivity contribution in [3.8, 4) is 5.69 Å². The van der Waals surface area contributed by atoms with Gasteiger partial charge in [0.1, 0.15) is 5.69 Å². The van der Waals surface area contributed by atoms with E-state index in [2.05, 4.69) is 10.3 Å². The average molecular weight is 261 g/mol. The molecule has 0 aliphatic carbocycles. The average Bonchev–Trinajstić information content (AvgIpc) is 2.82. The fourth-order valence-electron chi connectivity index (χ4n) is 1.68. The summed E-state index contributed by atoms with van der Waals surface area (Å²) in [7, 11) is 0. The standard InChI is InChI=1S/C13H15N3O3/c1-8-4-5-9(2)10(6-8)16-7-11(14-15-16)13(3,19)12(17)18/h4-7,19H,1-3H3,(H,17,18). The van der Waals surface area contributed by atoms with Crippen LogP contribution in [0.5, 0.6) is 0 Å². The van der Waals surface area contributed by atoms with Crippen LogP contribution in [0.3, 0.4) is 0 Å². The molecule has 0 fully saturated rings. The lowest BCUT2D eigenvalue weighted by atomic mass is 10.0. The number of aliphatic carboxylic acids is 1. The predicted octanol–water partition coefficient (Wildman–Crippen LogP) is 1.18. The third kappa shape index (κ3) is 2.34. The van der Waals surface area contributed by atoms with E-state index in [4.69, 9.17) is 5.11 Å². The van der Waals surface area contributed by atoms with Crippen molar-refractivity contribution >= 4 is 5.97 Å². The molecule has 1 unspecified atom stereocenters. The maximum atomic E-state index is 11.0. The first-order chi connectivity index (χ1) is 8.82. The Labute approximate surface area is 110 Å². The lowest BCUT2D eigenvalue weighted by molar-refractivity contribution is -0.158. The smallest absolute Gasteiger partial charge is 0.341 e. The van der Waals surface area contributed by atoms with Crippen LogP contribution in [0.4, 0.5) is 0 Å². The van der Waals surface area contributed by atoms with Gasteiger partial charge in [-0.2, -0.15) is 0 Å². The van der Waals surface area contributed by atoms with Crippen molar-refractivity contribution in [2.45, 2.75) is 26.4 Å².